The minimum atomic E-state index is -3.62. The van der Waals surface area contributed by atoms with Gasteiger partial charge in [0, 0.05) is 11.6 Å². The maximum absolute atomic E-state index is 12.6. The molecule has 0 saturated carbocycles. The molecule has 0 heterocycles. The highest BCUT2D eigenvalue weighted by molar-refractivity contribution is 7.92. The number of carbonyl (C=O) groups is 1. The number of hydrogen-bond acceptors (Lipinski definition) is 3. The Hall–Kier alpha value is -2.05. The lowest BCUT2D eigenvalue weighted by Gasteiger charge is -2.29. The van der Waals surface area contributed by atoms with Gasteiger partial charge >= 0.3 is 0 Å². The highest BCUT2D eigenvalue weighted by atomic mass is 35.5. The average molecular weight is 423 g/mol. The van der Waals surface area contributed by atoms with Gasteiger partial charge in [0.2, 0.25) is 15.9 Å². The molecule has 0 aliphatic heterocycles. The van der Waals surface area contributed by atoms with Crippen LogP contribution in [0.1, 0.15) is 30.0 Å². The van der Waals surface area contributed by atoms with Gasteiger partial charge in [-0.3, -0.25) is 9.10 Å². The third-order valence-corrected chi connectivity index (χ3v) is 6.02. The van der Waals surface area contributed by atoms with E-state index < -0.39 is 16.1 Å². The predicted octanol–water partition coefficient (Wildman–Crippen LogP) is 3.86. The zero-order chi connectivity index (χ0) is 20.9. The molecular formula is C21H27ClN2O3S. The summed E-state index contributed by atoms with van der Waals surface area (Å²) < 4.78 is 26.0. The Bertz CT molecular complexity index is 927. The molecular weight excluding hydrogens is 396 g/mol. The van der Waals surface area contributed by atoms with Crippen LogP contribution >= 0.6 is 11.6 Å². The highest BCUT2D eigenvalue weighted by Gasteiger charge is 2.29. The number of aryl methyl sites for hydroxylation is 3. The second kappa shape index (κ2) is 9.43. The summed E-state index contributed by atoms with van der Waals surface area (Å²) in [6, 6.07) is 12.3. The van der Waals surface area contributed by atoms with E-state index in [4.69, 9.17) is 11.6 Å². The third kappa shape index (κ3) is 5.97. The zero-order valence-corrected chi connectivity index (χ0v) is 18.3. The van der Waals surface area contributed by atoms with Crippen LogP contribution in [-0.4, -0.2) is 33.2 Å². The molecule has 1 unspecified atom stereocenters. The van der Waals surface area contributed by atoms with E-state index in [0.29, 0.717) is 17.3 Å². The van der Waals surface area contributed by atoms with Gasteiger partial charge < -0.3 is 5.32 Å². The van der Waals surface area contributed by atoms with Gasteiger partial charge in [-0.1, -0.05) is 35.9 Å². The van der Waals surface area contributed by atoms with E-state index in [9.17, 15) is 13.2 Å². The maximum Gasteiger partial charge on any atom is 0.243 e. The molecule has 1 N–H and O–H groups in total. The Morgan fingerprint density at radius 3 is 2.39 bits per heavy atom. The fourth-order valence-corrected chi connectivity index (χ4v) is 4.39. The molecule has 28 heavy (non-hydrogen) atoms. The first-order valence-corrected chi connectivity index (χ1v) is 11.4. The normalized spacial score (nSPS) is 12.5. The minimum Gasteiger partial charge on any atom is -0.354 e. The van der Waals surface area contributed by atoms with Crippen LogP contribution in [0.4, 0.5) is 5.69 Å². The number of benzene rings is 2. The lowest BCUT2D eigenvalue weighted by atomic mass is 10.1. The SMILES string of the molecule is Cc1ccc(C)c(N(C(C)C(=O)NCCCc2ccc(Cl)cc2)S(C)(=O)=O)c1. The number of sulfonamides is 1. The van der Waals surface area contributed by atoms with Gasteiger partial charge in [0.25, 0.3) is 0 Å². The van der Waals surface area contributed by atoms with Crippen molar-refractivity contribution in [2.24, 2.45) is 0 Å². The summed E-state index contributed by atoms with van der Waals surface area (Å²) in [5.41, 5.74) is 3.41. The summed E-state index contributed by atoms with van der Waals surface area (Å²) in [6.07, 6.45) is 2.68. The van der Waals surface area contributed by atoms with Crippen LogP contribution in [0.2, 0.25) is 5.02 Å². The fourth-order valence-electron chi connectivity index (χ4n) is 3.04. The Morgan fingerprint density at radius 2 is 1.79 bits per heavy atom. The first kappa shape index (κ1) is 22.2. The maximum atomic E-state index is 12.6. The molecule has 0 aliphatic carbocycles. The molecule has 2 rings (SSSR count). The summed E-state index contributed by atoms with van der Waals surface area (Å²) in [6.45, 7) is 5.81. The number of rotatable bonds is 8. The van der Waals surface area contributed by atoms with Gasteiger partial charge in [0.15, 0.2) is 0 Å². The van der Waals surface area contributed by atoms with Crippen LogP contribution in [0.15, 0.2) is 42.5 Å². The van der Waals surface area contributed by atoms with Crippen molar-refractivity contribution in [2.45, 2.75) is 39.7 Å². The number of carbonyl (C=O) groups excluding carboxylic acids is 1. The van der Waals surface area contributed by atoms with Gasteiger partial charge in [-0.25, -0.2) is 8.42 Å². The van der Waals surface area contributed by atoms with Crippen LogP contribution in [0, 0.1) is 13.8 Å². The molecule has 5 nitrogen and oxygen atoms in total. The predicted molar refractivity (Wildman–Crippen MR) is 115 cm³/mol. The summed E-state index contributed by atoms with van der Waals surface area (Å²) >= 11 is 5.88. The van der Waals surface area contributed by atoms with E-state index in [1.165, 1.54) is 4.31 Å². The Kier molecular flexibility index (Phi) is 7.49. The lowest BCUT2D eigenvalue weighted by molar-refractivity contribution is -0.121. The molecule has 0 bridgehead atoms. The van der Waals surface area contributed by atoms with Gasteiger partial charge in [0.05, 0.1) is 11.9 Å². The molecule has 0 aromatic heterocycles. The van der Waals surface area contributed by atoms with Gasteiger partial charge in [-0.2, -0.15) is 0 Å². The Balaban J connectivity index is 2.03. The summed E-state index contributed by atoms with van der Waals surface area (Å²) in [5, 5.41) is 3.54. The van der Waals surface area contributed by atoms with Crippen LogP contribution in [0.5, 0.6) is 0 Å². The standard InChI is InChI=1S/C21H27ClN2O3S/c1-15-7-8-16(2)20(14-15)24(28(4,26)27)17(3)21(25)23-13-5-6-18-9-11-19(22)12-10-18/h7-12,14,17H,5-6,13H2,1-4H3,(H,23,25). The van der Waals surface area contributed by atoms with Crippen LogP contribution in [0.25, 0.3) is 0 Å². The zero-order valence-electron chi connectivity index (χ0n) is 16.7. The summed E-state index contributed by atoms with van der Waals surface area (Å²) in [7, 11) is -3.62. The Labute approximate surface area is 172 Å². The van der Waals surface area contributed by atoms with Gasteiger partial charge in [0.1, 0.15) is 6.04 Å². The molecule has 152 valence electrons. The third-order valence-electron chi connectivity index (χ3n) is 4.55. The number of hydrogen-bond donors (Lipinski definition) is 1. The second-order valence-corrected chi connectivity index (χ2v) is 9.34. The number of halogens is 1. The number of amides is 1. The van der Waals surface area contributed by atoms with E-state index in [0.717, 1.165) is 35.8 Å². The largest absolute Gasteiger partial charge is 0.354 e. The molecule has 0 saturated heterocycles. The molecule has 1 atom stereocenters. The van der Waals surface area contributed by atoms with E-state index in [1.54, 1.807) is 13.0 Å². The molecule has 0 spiro atoms. The van der Waals surface area contributed by atoms with E-state index >= 15 is 0 Å². The number of anilines is 1. The molecule has 2 aromatic carbocycles. The van der Waals surface area contributed by atoms with Crippen molar-refractivity contribution in [1.82, 2.24) is 5.32 Å². The van der Waals surface area contributed by atoms with E-state index in [2.05, 4.69) is 5.32 Å². The monoisotopic (exact) mass is 422 g/mol. The second-order valence-electron chi connectivity index (χ2n) is 7.05. The molecule has 0 fully saturated rings. The van der Waals surface area contributed by atoms with E-state index in [1.807, 2.05) is 50.2 Å². The van der Waals surface area contributed by atoms with E-state index in [-0.39, 0.29) is 5.91 Å². The van der Waals surface area contributed by atoms with Crippen molar-refractivity contribution in [3.05, 3.63) is 64.2 Å². The molecule has 1 amide bonds. The lowest BCUT2D eigenvalue weighted by Crippen LogP contribution is -2.48. The van der Waals surface area contributed by atoms with Crippen molar-refractivity contribution < 1.29 is 13.2 Å². The first-order chi connectivity index (χ1) is 13.1. The van der Waals surface area contributed by atoms with Crippen molar-refractivity contribution in [1.29, 1.82) is 0 Å². The van der Waals surface area contributed by atoms with Crippen molar-refractivity contribution in [3.8, 4) is 0 Å². The van der Waals surface area contributed by atoms with Crippen molar-refractivity contribution >= 4 is 33.2 Å². The van der Waals surface area contributed by atoms with Gasteiger partial charge in [-0.15, -0.1) is 0 Å². The molecule has 0 aliphatic rings. The smallest absolute Gasteiger partial charge is 0.243 e. The van der Waals surface area contributed by atoms with Crippen molar-refractivity contribution in [3.63, 3.8) is 0 Å². The summed E-state index contributed by atoms with van der Waals surface area (Å²) in [5.74, 6) is -0.317. The van der Waals surface area contributed by atoms with Crippen LogP contribution < -0.4 is 9.62 Å². The average Bonchev–Trinajstić information content (AvgIpc) is 2.62. The molecule has 0 radical (unpaired) electrons. The minimum absolute atomic E-state index is 0.317. The van der Waals surface area contributed by atoms with Crippen LogP contribution in [0.3, 0.4) is 0 Å². The van der Waals surface area contributed by atoms with Crippen LogP contribution in [-0.2, 0) is 21.2 Å². The number of nitrogens with zero attached hydrogens (tertiary/aromatic N) is 1. The molecule has 7 heteroatoms. The first-order valence-electron chi connectivity index (χ1n) is 9.18. The fraction of sp³-hybridized carbons (Fsp3) is 0.381. The number of nitrogens with one attached hydrogen (secondary N) is 1. The van der Waals surface area contributed by atoms with Gasteiger partial charge in [-0.05, 0) is 68.5 Å². The quantitative estimate of drug-likeness (QED) is 0.657. The highest BCUT2D eigenvalue weighted by Crippen LogP contribution is 2.26. The molecule has 2 aromatic rings. The topological polar surface area (TPSA) is 66.5 Å². The Morgan fingerprint density at radius 1 is 1.14 bits per heavy atom. The summed E-state index contributed by atoms with van der Waals surface area (Å²) in [4.78, 5) is 12.6. The van der Waals surface area contributed by atoms with Crippen molar-refractivity contribution in [2.75, 3.05) is 17.1 Å².